The lowest BCUT2D eigenvalue weighted by Crippen LogP contribution is -2.12. The Hall–Kier alpha value is -3.67. The van der Waals surface area contributed by atoms with E-state index in [2.05, 4.69) is 20.9 Å². The smallest absolute Gasteiger partial charge is 0.255 e. The Labute approximate surface area is 157 Å². The molecule has 2 amide bonds. The number of amides is 2. The van der Waals surface area contributed by atoms with Crippen molar-refractivity contribution in [2.45, 2.75) is 13.8 Å². The molecule has 0 bridgehead atoms. The predicted molar refractivity (Wildman–Crippen MR) is 107 cm³/mol. The molecule has 0 unspecified atom stereocenters. The molecule has 0 aliphatic heterocycles. The molecule has 6 heteroatoms. The fourth-order valence-corrected chi connectivity index (χ4v) is 2.44. The lowest BCUT2D eigenvalue weighted by atomic mass is 10.1. The molecule has 0 radical (unpaired) electrons. The maximum atomic E-state index is 12.2. The molecule has 6 nitrogen and oxygen atoms in total. The Morgan fingerprint density at radius 1 is 0.778 bits per heavy atom. The average Bonchev–Trinajstić information content (AvgIpc) is 2.65. The number of benzene rings is 2. The van der Waals surface area contributed by atoms with Crippen LogP contribution in [0.15, 0.2) is 66.9 Å². The molecule has 0 aliphatic rings. The van der Waals surface area contributed by atoms with Crippen LogP contribution < -0.4 is 16.0 Å². The lowest BCUT2D eigenvalue weighted by Gasteiger charge is -2.09. The number of carbonyl (C=O) groups excluding carboxylic acids is 2. The fraction of sp³-hybridized carbons (Fsp3) is 0.0952. The van der Waals surface area contributed by atoms with Crippen LogP contribution in [0.5, 0.6) is 0 Å². The van der Waals surface area contributed by atoms with Gasteiger partial charge in [-0.05, 0) is 55.5 Å². The van der Waals surface area contributed by atoms with Crippen molar-refractivity contribution in [2.75, 3.05) is 16.0 Å². The molecule has 0 aliphatic carbocycles. The van der Waals surface area contributed by atoms with Crippen molar-refractivity contribution in [3.05, 3.63) is 78.0 Å². The average molecular weight is 360 g/mol. The molecule has 0 spiro atoms. The number of rotatable bonds is 5. The van der Waals surface area contributed by atoms with Gasteiger partial charge >= 0.3 is 0 Å². The van der Waals surface area contributed by atoms with E-state index in [1.807, 2.05) is 31.2 Å². The predicted octanol–water partition coefficient (Wildman–Crippen LogP) is 4.34. The minimum absolute atomic E-state index is 0.111. The van der Waals surface area contributed by atoms with Gasteiger partial charge in [-0.3, -0.25) is 9.59 Å². The molecule has 0 atom stereocenters. The molecule has 2 aromatic carbocycles. The van der Waals surface area contributed by atoms with Gasteiger partial charge in [-0.25, -0.2) is 4.98 Å². The summed E-state index contributed by atoms with van der Waals surface area (Å²) in [5, 5.41) is 8.71. The number of pyridine rings is 1. The SMILES string of the molecule is CC(=O)Nc1ccc(Nc2ccc(NC(=O)c3ccc(C)cc3)cn2)cc1. The van der Waals surface area contributed by atoms with Crippen molar-refractivity contribution >= 4 is 34.7 Å². The highest BCUT2D eigenvalue weighted by molar-refractivity contribution is 6.04. The lowest BCUT2D eigenvalue weighted by molar-refractivity contribution is -0.114. The first-order valence-electron chi connectivity index (χ1n) is 8.48. The first kappa shape index (κ1) is 18.1. The van der Waals surface area contributed by atoms with Crippen LogP contribution in [0.1, 0.15) is 22.8 Å². The third-order valence-corrected chi connectivity index (χ3v) is 3.81. The zero-order chi connectivity index (χ0) is 19.2. The van der Waals surface area contributed by atoms with E-state index in [0.29, 0.717) is 17.1 Å². The number of carbonyl (C=O) groups is 2. The van der Waals surface area contributed by atoms with E-state index in [1.165, 1.54) is 6.92 Å². The van der Waals surface area contributed by atoms with Crippen molar-refractivity contribution in [3.8, 4) is 0 Å². The Morgan fingerprint density at radius 2 is 1.41 bits per heavy atom. The van der Waals surface area contributed by atoms with Crippen molar-refractivity contribution in [3.63, 3.8) is 0 Å². The molecule has 3 N–H and O–H groups in total. The van der Waals surface area contributed by atoms with Gasteiger partial charge in [0.25, 0.3) is 5.91 Å². The molecule has 1 heterocycles. The molecule has 27 heavy (non-hydrogen) atoms. The van der Waals surface area contributed by atoms with Gasteiger partial charge in [-0.2, -0.15) is 0 Å². The first-order chi connectivity index (χ1) is 13.0. The number of hydrogen-bond donors (Lipinski definition) is 3. The summed E-state index contributed by atoms with van der Waals surface area (Å²) in [4.78, 5) is 27.6. The highest BCUT2D eigenvalue weighted by Crippen LogP contribution is 2.19. The van der Waals surface area contributed by atoms with Crippen molar-refractivity contribution in [1.29, 1.82) is 0 Å². The van der Waals surface area contributed by atoms with Gasteiger partial charge in [0.15, 0.2) is 0 Å². The summed E-state index contributed by atoms with van der Waals surface area (Å²) < 4.78 is 0. The summed E-state index contributed by atoms with van der Waals surface area (Å²) in [7, 11) is 0. The third kappa shape index (κ3) is 5.15. The van der Waals surface area contributed by atoms with Crippen LogP contribution in [0, 0.1) is 6.92 Å². The summed E-state index contributed by atoms with van der Waals surface area (Å²) in [6.45, 7) is 3.44. The number of hydrogen-bond acceptors (Lipinski definition) is 4. The summed E-state index contributed by atoms with van der Waals surface area (Å²) >= 11 is 0. The van der Waals surface area contributed by atoms with Crippen molar-refractivity contribution in [1.82, 2.24) is 4.98 Å². The normalized spacial score (nSPS) is 10.1. The van der Waals surface area contributed by atoms with Gasteiger partial charge in [0.1, 0.15) is 5.82 Å². The largest absolute Gasteiger partial charge is 0.340 e. The number of aryl methyl sites for hydroxylation is 1. The molecule has 0 saturated carbocycles. The summed E-state index contributed by atoms with van der Waals surface area (Å²) in [5.41, 5.74) is 3.89. The van der Waals surface area contributed by atoms with Gasteiger partial charge < -0.3 is 16.0 Å². The van der Waals surface area contributed by atoms with Gasteiger partial charge in [-0.1, -0.05) is 17.7 Å². The van der Waals surface area contributed by atoms with Crippen LogP contribution in [-0.2, 0) is 4.79 Å². The summed E-state index contributed by atoms with van der Waals surface area (Å²) in [6.07, 6.45) is 1.60. The maximum absolute atomic E-state index is 12.2. The van der Waals surface area contributed by atoms with Crippen LogP contribution in [0.25, 0.3) is 0 Å². The Morgan fingerprint density at radius 3 is 2.00 bits per heavy atom. The Bertz CT molecular complexity index is 933. The minimum Gasteiger partial charge on any atom is -0.340 e. The molecule has 1 aromatic heterocycles. The topological polar surface area (TPSA) is 83.1 Å². The molecular formula is C21H20N4O2. The Kier molecular flexibility index (Phi) is 5.47. The van der Waals surface area contributed by atoms with E-state index < -0.39 is 0 Å². The van der Waals surface area contributed by atoms with E-state index in [0.717, 1.165) is 16.9 Å². The van der Waals surface area contributed by atoms with Crippen LogP contribution in [0.2, 0.25) is 0 Å². The molecule has 3 aromatic rings. The van der Waals surface area contributed by atoms with Gasteiger partial charge in [0.2, 0.25) is 5.91 Å². The molecule has 136 valence electrons. The first-order valence-corrected chi connectivity index (χ1v) is 8.48. The molecule has 0 saturated heterocycles. The number of anilines is 4. The molecule has 0 fully saturated rings. The zero-order valence-corrected chi connectivity index (χ0v) is 15.1. The van der Waals surface area contributed by atoms with Crippen LogP contribution in [0.3, 0.4) is 0 Å². The van der Waals surface area contributed by atoms with E-state index in [9.17, 15) is 9.59 Å². The molecule has 3 rings (SSSR count). The standard InChI is InChI=1S/C21H20N4O2/c1-14-3-5-16(6-4-14)21(27)25-19-11-12-20(22-13-19)24-18-9-7-17(8-10-18)23-15(2)26/h3-13H,1-2H3,(H,22,24)(H,23,26)(H,25,27). The summed E-state index contributed by atoms with van der Waals surface area (Å²) in [6, 6.07) is 18.3. The second-order valence-electron chi connectivity index (χ2n) is 6.14. The van der Waals surface area contributed by atoms with Crippen molar-refractivity contribution in [2.24, 2.45) is 0 Å². The summed E-state index contributed by atoms with van der Waals surface area (Å²) in [5.74, 6) is 0.363. The van der Waals surface area contributed by atoms with E-state index in [1.54, 1.807) is 42.6 Å². The fourth-order valence-electron chi connectivity index (χ4n) is 2.44. The van der Waals surface area contributed by atoms with E-state index >= 15 is 0 Å². The van der Waals surface area contributed by atoms with Crippen molar-refractivity contribution < 1.29 is 9.59 Å². The van der Waals surface area contributed by atoms with E-state index in [4.69, 9.17) is 0 Å². The minimum atomic E-state index is -0.175. The zero-order valence-electron chi connectivity index (χ0n) is 15.1. The monoisotopic (exact) mass is 360 g/mol. The van der Waals surface area contributed by atoms with Gasteiger partial charge in [0.05, 0.1) is 11.9 Å². The van der Waals surface area contributed by atoms with Crippen LogP contribution in [-0.4, -0.2) is 16.8 Å². The quantitative estimate of drug-likeness (QED) is 0.632. The van der Waals surface area contributed by atoms with E-state index in [-0.39, 0.29) is 11.8 Å². The highest BCUT2D eigenvalue weighted by atomic mass is 16.2. The van der Waals surface area contributed by atoms with Crippen LogP contribution >= 0.6 is 0 Å². The van der Waals surface area contributed by atoms with Gasteiger partial charge in [0, 0.05) is 23.9 Å². The number of nitrogens with zero attached hydrogens (tertiary/aromatic N) is 1. The second kappa shape index (κ2) is 8.14. The Balaban J connectivity index is 1.60. The number of nitrogens with one attached hydrogen (secondary N) is 3. The van der Waals surface area contributed by atoms with Crippen LogP contribution in [0.4, 0.5) is 22.9 Å². The third-order valence-electron chi connectivity index (χ3n) is 3.81. The van der Waals surface area contributed by atoms with Gasteiger partial charge in [-0.15, -0.1) is 0 Å². The number of aromatic nitrogens is 1. The molecular weight excluding hydrogens is 340 g/mol. The second-order valence-corrected chi connectivity index (χ2v) is 6.14. The maximum Gasteiger partial charge on any atom is 0.255 e. The highest BCUT2D eigenvalue weighted by Gasteiger charge is 2.06.